The second-order valence-electron chi connectivity index (χ2n) is 5.09. The van der Waals surface area contributed by atoms with Gasteiger partial charge in [0.25, 0.3) is 0 Å². The van der Waals surface area contributed by atoms with Crippen molar-refractivity contribution in [3.05, 3.63) is 50.1 Å². The zero-order valence-electron chi connectivity index (χ0n) is 11.7. The Morgan fingerprint density at radius 2 is 2.25 bits per heavy atom. The van der Waals surface area contributed by atoms with Gasteiger partial charge >= 0.3 is 0 Å². The minimum atomic E-state index is 0.929. The van der Waals surface area contributed by atoms with E-state index >= 15 is 0 Å². The average Bonchev–Trinajstić information content (AvgIpc) is 2.92. The molecule has 3 rings (SSSR count). The third kappa shape index (κ3) is 2.92. The number of rotatable bonds is 4. The minimum absolute atomic E-state index is 0.929. The fraction of sp³-hybridized carbons (Fsp3) is 0.375. The van der Waals surface area contributed by atoms with E-state index in [2.05, 4.69) is 62.7 Å². The van der Waals surface area contributed by atoms with Gasteiger partial charge in [-0.2, -0.15) is 0 Å². The lowest BCUT2D eigenvalue weighted by atomic mass is 10.1. The molecule has 0 saturated heterocycles. The Morgan fingerprint density at radius 3 is 3.10 bits per heavy atom. The maximum atomic E-state index is 3.59. The van der Waals surface area contributed by atoms with Crippen molar-refractivity contribution in [2.75, 3.05) is 18.0 Å². The van der Waals surface area contributed by atoms with Crippen molar-refractivity contribution in [2.24, 2.45) is 0 Å². The van der Waals surface area contributed by atoms with Crippen LogP contribution in [0, 0.1) is 0 Å². The van der Waals surface area contributed by atoms with Crippen LogP contribution >= 0.6 is 27.3 Å². The van der Waals surface area contributed by atoms with Crippen LogP contribution < -0.4 is 10.2 Å². The van der Waals surface area contributed by atoms with Gasteiger partial charge in [0, 0.05) is 34.7 Å². The average molecular weight is 351 g/mol. The van der Waals surface area contributed by atoms with Gasteiger partial charge in [-0.25, -0.2) is 0 Å². The molecule has 0 bridgehead atoms. The Bertz CT molecular complexity index is 594. The molecule has 0 amide bonds. The first-order chi connectivity index (χ1) is 9.78. The van der Waals surface area contributed by atoms with Gasteiger partial charge in [-0.1, -0.05) is 22.9 Å². The first kappa shape index (κ1) is 14.1. The molecule has 0 atom stereocenters. The predicted molar refractivity (Wildman–Crippen MR) is 90.6 cm³/mol. The van der Waals surface area contributed by atoms with Gasteiger partial charge in [-0.3, -0.25) is 0 Å². The van der Waals surface area contributed by atoms with E-state index in [0.29, 0.717) is 0 Å². The molecule has 4 heteroatoms. The van der Waals surface area contributed by atoms with Crippen molar-refractivity contribution in [3.63, 3.8) is 0 Å². The van der Waals surface area contributed by atoms with E-state index in [1.165, 1.54) is 23.2 Å². The van der Waals surface area contributed by atoms with Crippen molar-refractivity contribution in [2.45, 2.75) is 26.4 Å². The largest absolute Gasteiger partial charge is 0.367 e. The Labute approximate surface area is 132 Å². The van der Waals surface area contributed by atoms with Crippen LogP contribution in [-0.4, -0.2) is 13.1 Å². The summed E-state index contributed by atoms with van der Waals surface area (Å²) in [5.74, 6) is 0. The minimum Gasteiger partial charge on any atom is -0.367 e. The summed E-state index contributed by atoms with van der Waals surface area (Å²) in [4.78, 5) is 4.07. The highest BCUT2D eigenvalue weighted by atomic mass is 79.9. The maximum Gasteiger partial charge on any atom is 0.0440 e. The molecular formula is C16H19BrN2S. The highest BCUT2D eigenvalue weighted by Crippen LogP contribution is 2.31. The van der Waals surface area contributed by atoms with E-state index in [4.69, 9.17) is 0 Å². The molecule has 106 valence electrons. The lowest BCUT2D eigenvalue weighted by Gasteiger charge is -2.31. The third-order valence-electron chi connectivity index (χ3n) is 3.76. The Hall–Kier alpha value is -0.840. The number of halogens is 1. The Kier molecular flexibility index (Phi) is 4.44. The summed E-state index contributed by atoms with van der Waals surface area (Å²) in [7, 11) is 0. The number of fused-ring (bicyclic) bond motifs is 1. The molecule has 1 N–H and O–H groups in total. The number of hydrogen-bond donors (Lipinski definition) is 1. The van der Waals surface area contributed by atoms with Crippen molar-refractivity contribution in [1.82, 2.24) is 5.32 Å². The summed E-state index contributed by atoms with van der Waals surface area (Å²) in [6.07, 6.45) is 1.17. The number of nitrogens with one attached hydrogen (secondary N) is 1. The van der Waals surface area contributed by atoms with Gasteiger partial charge < -0.3 is 10.2 Å². The highest BCUT2D eigenvalue weighted by molar-refractivity contribution is 9.10. The molecule has 1 aliphatic rings. The highest BCUT2D eigenvalue weighted by Gasteiger charge is 2.19. The lowest BCUT2D eigenvalue weighted by Crippen LogP contribution is -2.30. The van der Waals surface area contributed by atoms with Gasteiger partial charge in [0.1, 0.15) is 0 Å². The fourth-order valence-corrected chi connectivity index (χ4v) is 4.02. The van der Waals surface area contributed by atoms with E-state index in [1.54, 1.807) is 4.88 Å². The molecule has 1 aliphatic heterocycles. The molecule has 0 fully saturated rings. The van der Waals surface area contributed by atoms with Crippen LogP contribution in [-0.2, 0) is 19.5 Å². The van der Waals surface area contributed by atoms with E-state index in [9.17, 15) is 0 Å². The predicted octanol–water partition coefficient (Wildman–Crippen LogP) is 4.18. The molecule has 2 heterocycles. The number of thiophene rings is 1. The Morgan fingerprint density at radius 1 is 1.35 bits per heavy atom. The zero-order chi connectivity index (χ0) is 13.9. The first-order valence-corrected chi connectivity index (χ1v) is 8.74. The summed E-state index contributed by atoms with van der Waals surface area (Å²) in [6.45, 7) is 6.24. The van der Waals surface area contributed by atoms with Crippen molar-refractivity contribution < 1.29 is 0 Å². The van der Waals surface area contributed by atoms with Crippen LogP contribution in [0.3, 0.4) is 0 Å². The molecule has 0 aliphatic carbocycles. The fourth-order valence-electron chi connectivity index (χ4n) is 2.72. The monoisotopic (exact) mass is 350 g/mol. The summed E-state index contributed by atoms with van der Waals surface area (Å²) in [5, 5.41) is 5.66. The van der Waals surface area contributed by atoms with E-state index < -0.39 is 0 Å². The normalized spacial score (nSPS) is 14.4. The maximum absolute atomic E-state index is 3.59. The number of nitrogens with zero attached hydrogens (tertiary/aromatic N) is 1. The van der Waals surface area contributed by atoms with Crippen LogP contribution in [0.25, 0.3) is 0 Å². The number of anilines is 1. The summed E-state index contributed by atoms with van der Waals surface area (Å²) in [5.41, 5.74) is 4.24. The van der Waals surface area contributed by atoms with E-state index in [0.717, 1.165) is 30.7 Å². The number of hydrogen-bond acceptors (Lipinski definition) is 3. The quantitative estimate of drug-likeness (QED) is 0.889. The topological polar surface area (TPSA) is 15.3 Å². The number of benzene rings is 1. The van der Waals surface area contributed by atoms with Gasteiger partial charge in [-0.15, -0.1) is 11.3 Å². The van der Waals surface area contributed by atoms with Crippen LogP contribution in [0.4, 0.5) is 5.69 Å². The van der Waals surface area contributed by atoms with Gasteiger partial charge in [0.2, 0.25) is 0 Å². The lowest BCUT2D eigenvalue weighted by molar-refractivity contribution is 0.704. The second kappa shape index (κ2) is 6.29. The molecule has 0 radical (unpaired) electrons. The molecule has 1 aromatic carbocycles. The van der Waals surface area contributed by atoms with Crippen molar-refractivity contribution >= 4 is 33.0 Å². The van der Waals surface area contributed by atoms with E-state index in [1.807, 2.05) is 11.3 Å². The third-order valence-corrected chi connectivity index (χ3v) is 5.27. The molecule has 20 heavy (non-hydrogen) atoms. The molecule has 2 aromatic rings. The smallest absolute Gasteiger partial charge is 0.0440 e. The van der Waals surface area contributed by atoms with Crippen LogP contribution in [0.5, 0.6) is 0 Å². The first-order valence-electron chi connectivity index (χ1n) is 7.07. The van der Waals surface area contributed by atoms with Crippen molar-refractivity contribution in [3.8, 4) is 0 Å². The molecule has 1 aromatic heterocycles. The van der Waals surface area contributed by atoms with Crippen LogP contribution in [0.15, 0.2) is 34.1 Å². The molecule has 2 nitrogen and oxygen atoms in total. The Balaban J connectivity index is 1.86. The molecule has 0 unspecified atom stereocenters. The SMILES string of the molecule is CCNCc1cc(Br)ccc1N1CCc2sccc2C1. The summed E-state index contributed by atoms with van der Waals surface area (Å²) < 4.78 is 1.15. The van der Waals surface area contributed by atoms with E-state index in [-0.39, 0.29) is 0 Å². The summed E-state index contributed by atoms with van der Waals surface area (Å²) >= 11 is 5.48. The van der Waals surface area contributed by atoms with Gasteiger partial charge in [0.15, 0.2) is 0 Å². The van der Waals surface area contributed by atoms with Crippen molar-refractivity contribution in [1.29, 1.82) is 0 Å². The van der Waals surface area contributed by atoms with Crippen LogP contribution in [0.2, 0.25) is 0 Å². The van der Waals surface area contributed by atoms with Crippen LogP contribution in [0.1, 0.15) is 22.9 Å². The van der Waals surface area contributed by atoms with Gasteiger partial charge in [-0.05, 0) is 53.7 Å². The standard InChI is InChI=1S/C16H19BrN2S/c1-2-18-10-13-9-14(17)3-4-15(13)19-7-5-16-12(11-19)6-8-20-16/h3-4,6,8-9,18H,2,5,7,10-11H2,1H3. The molecular weight excluding hydrogens is 332 g/mol. The van der Waals surface area contributed by atoms with Gasteiger partial charge in [0.05, 0.1) is 0 Å². The second-order valence-corrected chi connectivity index (χ2v) is 7.01. The summed E-state index contributed by atoms with van der Waals surface area (Å²) in [6, 6.07) is 8.90. The molecule has 0 saturated carbocycles. The molecule has 0 spiro atoms. The zero-order valence-corrected chi connectivity index (χ0v) is 14.1.